The Balaban J connectivity index is 1.83. The number of aryl methyl sites for hydroxylation is 2. The summed E-state index contributed by atoms with van der Waals surface area (Å²) in [6.45, 7) is 3.13. The molecule has 1 N–H and O–H groups in total. The number of ether oxygens (including phenoxy) is 1. The van der Waals surface area contributed by atoms with Gasteiger partial charge in [-0.05, 0) is 55.8 Å². The number of sulfonamides is 1. The number of rotatable bonds is 9. The number of amides is 1. The highest BCUT2D eigenvalue weighted by Gasteiger charge is 2.27. The Labute approximate surface area is 203 Å². The maximum atomic E-state index is 13.4. The molecule has 3 aromatic rings. The van der Waals surface area contributed by atoms with Crippen LogP contribution in [0.3, 0.4) is 0 Å². The van der Waals surface area contributed by atoms with Crippen LogP contribution in [-0.4, -0.2) is 39.1 Å². The molecular formula is C24H24N4O6S. The number of nitro benzene ring substituents is 1. The van der Waals surface area contributed by atoms with Crippen LogP contribution in [0.4, 0.5) is 11.4 Å². The van der Waals surface area contributed by atoms with Gasteiger partial charge in [0.2, 0.25) is 0 Å². The molecule has 0 saturated carbocycles. The van der Waals surface area contributed by atoms with Gasteiger partial charge in [0.05, 0.1) is 28.8 Å². The maximum Gasteiger partial charge on any atom is 0.311 e. The third kappa shape index (κ3) is 6.21. The number of hydrogen-bond donors (Lipinski definition) is 1. The van der Waals surface area contributed by atoms with E-state index in [0.29, 0.717) is 11.3 Å². The summed E-state index contributed by atoms with van der Waals surface area (Å²) < 4.78 is 32.7. The molecule has 35 heavy (non-hydrogen) atoms. The lowest BCUT2D eigenvalue weighted by molar-refractivity contribution is -0.385. The summed E-state index contributed by atoms with van der Waals surface area (Å²) in [5.74, 6) is -0.604. The monoisotopic (exact) mass is 496 g/mol. The number of carbonyl (C=O) groups is 1. The van der Waals surface area contributed by atoms with E-state index in [0.717, 1.165) is 15.4 Å². The fourth-order valence-electron chi connectivity index (χ4n) is 3.21. The van der Waals surface area contributed by atoms with E-state index in [1.165, 1.54) is 43.7 Å². The molecule has 10 nitrogen and oxygen atoms in total. The van der Waals surface area contributed by atoms with E-state index in [1.54, 1.807) is 30.3 Å². The second-order valence-electron chi connectivity index (χ2n) is 7.65. The summed E-state index contributed by atoms with van der Waals surface area (Å²) in [4.78, 5) is 23.3. The minimum Gasteiger partial charge on any atom is -0.490 e. The summed E-state index contributed by atoms with van der Waals surface area (Å²) in [6.07, 6.45) is 1.22. The van der Waals surface area contributed by atoms with Crippen molar-refractivity contribution in [3.63, 3.8) is 0 Å². The smallest absolute Gasteiger partial charge is 0.311 e. The van der Waals surface area contributed by atoms with Crippen LogP contribution < -0.4 is 14.5 Å². The van der Waals surface area contributed by atoms with Crippen molar-refractivity contribution >= 4 is 33.5 Å². The number of nitrogens with zero attached hydrogens (tertiary/aromatic N) is 3. The van der Waals surface area contributed by atoms with Gasteiger partial charge >= 0.3 is 5.69 Å². The summed E-state index contributed by atoms with van der Waals surface area (Å²) >= 11 is 0. The largest absolute Gasteiger partial charge is 0.490 e. The first-order valence-corrected chi connectivity index (χ1v) is 11.9. The van der Waals surface area contributed by atoms with Crippen molar-refractivity contribution in [1.82, 2.24) is 5.43 Å². The van der Waals surface area contributed by atoms with Crippen molar-refractivity contribution in [3.8, 4) is 5.75 Å². The number of benzene rings is 3. The Hall–Kier alpha value is -4.25. The molecule has 3 rings (SSSR count). The molecule has 0 radical (unpaired) electrons. The topological polar surface area (TPSA) is 131 Å². The highest BCUT2D eigenvalue weighted by Crippen LogP contribution is 2.27. The van der Waals surface area contributed by atoms with E-state index in [2.05, 4.69) is 10.5 Å². The highest BCUT2D eigenvalue weighted by molar-refractivity contribution is 7.92. The molecule has 0 aromatic heterocycles. The predicted molar refractivity (Wildman–Crippen MR) is 132 cm³/mol. The van der Waals surface area contributed by atoms with Crippen LogP contribution in [0.5, 0.6) is 5.75 Å². The summed E-state index contributed by atoms with van der Waals surface area (Å²) in [5, 5.41) is 15.0. The molecule has 0 fully saturated rings. The third-order valence-corrected chi connectivity index (χ3v) is 6.78. The number of anilines is 1. The molecular weight excluding hydrogens is 472 g/mol. The Kier molecular flexibility index (Phi) is 7.82. The number of hydrogen-bond acceptors (Lipinski definition) is 7. The second-order valence-corrected chi connectivity index (χ2v) is 9.51. The van der Waals surface area contributed by atoms with Gasteiger partial charge in [-0.2, -0.15) is 5.10 Å². The van der Waals surface area contributed by atoms with Crippen molar-refractivity contribution in [2.45, 2.75) is 18.7 Å². The van der Waals surface area contributed by atoms with Crippen LogP contribution in [0.2, 0.25) is 0 Å². The molecule has 0 spiro atoms. The minimum absolute atomic E-state index is 0.0476. The molecule has 0 unspecified atom stereocenters. The first-order chi connectivity index (χ1) is 16.6. The van der Waals surface area contributed by atoms with Crippen LogP contribution >= 0.6 is 0 Å². The van der Waals surface area contributed by atoms with Gasteiger partial charge in [0, 0.05) is 11.6 Å². The molecule has 1 amide bonds. The molecule has 0 heterocycles. The van der Waals surface area contributed by atoms with Gasteiger partial charge in [-0.3, -0.25) is 19.2 Å². The van der Waals surface area contributed by atoms with Gasteiger partial charge in [0.1, 0.15) is 6.54 Å². The van der Waals surface area contributed by atoms with Crippen LogP contribution in [0, 0.1) is 24.0 Å². The molecule has 3 aromatic carbocycles. The summed E-state index contributed by atoms with van der Waals surface area (Å²) in [5.41, 5.74) is 4.43. The highest BCUT2D eigenvalue weighted by atomic mass is 32.2. The Bertz CT molecular complexity index is 1370. The van der Waals surface area contributed by atoms with Gasteiger partial charge in [-0.1, -0.05) is 29.8 Å². The second kappa shape index (κ2) is 10.8. The lowest BCUT2D eigenvalue weighted by atomic mass is 10.2. The van der Waals surface area contributed by atoms with Crippen molar-refractivity contribution < 1.29 is 22.9 Å². The fraction of sp³-hybridized carbons (Fsp3) is 0.167. The zero-order chi connectivity index (χ0) is 25.6. The van der Waals surface area contributed by atoms with E-state index in [9.17, 15) is 23.3 Å². The van der Waals surface area contributed by atoms with E-state index < -0.39 is 27.4 Å². The average Bonchev–Trinajstić information content (AvgIpc) is 2.82. The van der Waals surface area contributed by atoms with Crippen LogP contribution in [-0.2, 0) is 14.8 Å². The third-order valence-electron chi connectivity index (χ3n) is 4.99. The normalized spacial score (nSPS) is 11.3. The first-order valence-electron chi connectivity index (χ1n) is 10.4. The molecule has 182 valence electrons. The molecule has 0 aliphatic carbocycles. The summed E-state index contributed by atoms with van der Waals surface area (Å²) in [6, 6.07) is 17.3. The molecule has 0 aliphatic heterocycles. The zero-order valence-electron chi connectivity index (χ0n) is 19.3. The van der Waals surface area contributed by atoms with Crippen molar-refractivity contribution in [2.24, 2.45) is 5.10 Å². The lowest BCUT2D eigenvalue weighted by Gasteiger charge is -2.24. The van der Waals surface area contributed by atoms with Gasteiger partial charge < -0.3 is 4.74 Å². The van der Waals surface area contributed by atoms with Gasteiger partial charge in [0.15, 0.2) is 5.75 Å². The average molecular weight is 497 g/mol. The van der Waals surface area contributed by atoms with Gasteiger partial charge in [-0.25, -0.2) is 13.8 Å². The number of nitrogens with one attached hydrogen (secondary N) is 1. The number of nitro groups is 1. The van der Waals surface area contributed by atoms with Gasteiger partial charge in [0.25, 0.3) is 15.9 Å². The summed E-state index contributed by atoms with van der Waals surface area (Å²) in [7, 11) is -2.73. The predicted octanol–water partition coefficient (Wildman–Crippen LogP) is 3.57. The van der Waals surface area contributed by atoms with E-state index in [4.69, 9.17) is 4.74 Å². The Morgan fingerprint density at radius 1 is 1.09 bits per heavy atom. The number of carbonyl (C=O) groups excluding carboxylic acids is 1. The minimum atomic E-state index is -4.05. The maximum absolute atomic E-state index is 13.4. The standard InChI is InChI=1S/C24H24N4O6S/c1-17-7-10-21(11-8-17)35(32,33)27(20-6-4-5-18(2)13-20)16-24(29)26-25-15-19-9-12-23(34-3)22(14-19)28(30)31/h4-15H,16H2,1-3H3,(H,26,29)/b25-15-. The van der Waals surface area contributed by atoms with Crippen LogP contribution in [0.25, 0.3) is 0 Å². The molecule has 0 bridgehead atoms. The molecule has 0 saturated heterocycles. The van der Waals surface area contributed by atoms with Crippen LogP contribution in [0.15, 0.2) is 76.7 Å². The van der Waals surface area contributed by atoms with Crippen molar-refractivity contribution in [2.75, 3.05) is 18.0 Å². The zero-order valence-corrected chi connectivity index (χ0v) is 20.2. The number of hydrazone groups is 1. The van der Waals surface area contributed by atoms with E-state index >= 15 is 0 Å². The van der Waals surface area contributed by atoms with Gasteiger partial charge in [-0.15, -0.1) is 0 Å². The Morgan fingerprint density at radius 2 is 1.80 bits per heavy atom. The van der Waals surface area contributed by atoms with E-state index in [1.807, 2.05) is 19.9 Å². The SMILES string of the molecule is COc1ccc(/C=N\NC(=O)CN(c2cccc(C)c2)S(=O)(=O)c2ccc(C)cc2)cc1[N+](=O)[O-]. The number of methoxy groups -OCH3 is 1. The Morgan fingerprint density at radius 3 is 2.43 bits per heavy atom. The molecule has 0 aliphatic rings. The molecule has 0 atom stereocenters. The van der Waals surface area contributed by atoms with Crippen molar-refractivity contribution in [1.29, 1.82) is 0 Å². The quantitative estimate of drug-likeness (QED) is 0.274. The van der Waals surface area contributed by atoms with E-state index in [-0.39, 0.29) is 16.3 Å². The van der Waals surface area contributed by atoms with Crippen LogP contribution in [0.1, 0.15) is 16.7 Å². The molecule has 11 heteroatoms. The lowest BCUT2D eigenvalue weighted by Crippen LogP contribution is -2.39. The fourth-order valence-corrected chi connectivity index (χ4v) is 4.62. The van der Waals surface area contributed by atoms with Crippen molar-refractivity contribution in [3.05, 3.63) is 93.5 Å². The first kappa shape index (κ1) is 25.4.